The fourth-order valence-corrected chi connectivity index (χ4v) is 4.27. The van der Waals surface area contributed by atoms with Crippen LogP contribution < -0.4 is 5.43 Å². The Bertz CT molecular complexity index is 1420. The number of rotatable bonds is 5. The average molecular weight is 534 g/mol. The summed E-state index contributed by atoms with van der Waals surface area (Å²) in [6, 6.07) is 3.53. The van der Waals surface area contributed by atoms with Gasteiger partial charge >= 0.3 is 5.97 Å². The highest BCUT2D eigenvalue weighted by Crippen LogP contribution is 2.45. The monoisotopic (exact) mass is 534 g/mol. The van der Waals surface area contributed by atoms with Crippen molar-refractivity contribution in [1.29, 1.82) is 0 Å². The number of benzene rings is 2. The molecule has 1 saturated heterocycles. The van der Waals surface area contributed by atoms with Gasteiger partial charge < -0.3 is 54.7 Å². The standard InChI is InChI=1S/C25H26O13/c1-8(2)15-6-12(29)17-10(27)5-11(28)18(22(17)36-15)23-24(21(34)20(33)16(7-26)37-23)38-25(35)9-3-13(30)19(32)14(31)4-9/h3-6,8,16,20-21,23-24,26-28,30-34H,7H2,1-2H3/t16-,20-,21+,23+,24-/m1/s1. The van der Waals surface area contributed by atoms with Gasteiger partial charge in [-0.25, -0.2) is 4.79 Å². The lowest BCUT2D eigenvalue weighted by molar-refractivity contribution is -0.231. The van der Waals surface area contributed by atoms with Crippen LogP contribution in [-0.4, -0.2) is 77.8 Å². The number of carbonyl (C=O) groups is 1. The topological polar surface area (TPSA) is 228 Å². The van der Waals surface area contributed by atoms with Gasteiger partial charge in [-0.1, -0.05) is 13.8 Å². The normalized spacial score (nSPS) is 23.6. The van der Waals surface area contributed by atoms with Gasteiger partial charge in [0.2, 0.25) is 0 Å². The summed E-state index contributed by atoms with van der Waals surface area (Å²) in [5, 5.41) is 80.9. The molecule has 5 atom stereocenters. The van der Waals surface area contributed by atoms with Crippen molar-refractivity contribution in [3.8, 4) is 28.7 Å². The van der Waals surface area contributed by atoms with Crippen molar-refractivity contribution in [2.24, 2.45) is 0 Å². The molecule has 0 bridgehead atoms. The fraction of sp³-hybridized carbons (Fsp3) is 0.360. The first-order chi connectivity index (χ1) is 17.8. The van der Waals surface area contributed by atoms with Crippen LogP contribution in [0.15, 0.2) is 33.5 Å². The number of phenols is 5. The largest absolute Gasteiger partial charge is 0.507 e. The molecule has 13 nitrogen and oxygen atoms in total. The predicted octanol–water partition coefficient (Wildman–Crippen LogP) is 0.824. The van der Waals surface area contributed by atoms with Crippen LogP contribution in [0, 0.1) is 0 Å². The molecule has 4 rings (SSSR count). The van der Waals surface area contributed by atoms with Crippen LogP contribution in [-0.2, 0) is 9.47 Å². The van der Waals surface area contributed by atoms with Gasteiger partial charge in [0.1, 0.15) is 47.1 Å². The van der Waals surface area contributed by atoms with E-state index in [-0.39, 0.29) is 28.2 Å². The zero-order chi connectivity index (χ0) is 28.0. The second-order valence-electron chi connectivity index (χ2n) is 9.19. The number of hydrogen-bond acceptors (Lipinski definition) is 13. The first-order valence-electron chi connectivity index (χ1n) is 11.5. The zero-order valence-electron chi connectivity index (χ0n) is 20.1. The molecule has 0 aliphatic carbocycles. The maximum absolute atomic E-state index is 12.9. The third kappa shape index (κ3) is 4.56. The lowest BCUT2D eigenvalue weighted by Gasteiger charge is -2.42. The summed E-state index contributed by atoms with van der Waals surface area (Å²) in [6.45, 7) is 2.64. The summed E-state index contributed by atoms with van der Waals surface area (Å²) in [6.07, 6.45) is -8.61. The van der Waals surface area contributed by atoms with Gasteiger partial charge in [-0.2, -0.15) is 0 Å². The van der Waals surface area contributed by atoms with E-state index in [2.05, 4.69) is 0 Å². The number of ether oxygens (including phenoxy) is 2. The third-order valence-corrected chi connectivity index (χ3v) is 6.29. The summed E-state index contributed by atoms with van der Waals surface area (Å²) in [5.74, 6) is -5.27. The molecule has 204 valence electrons. The van der Waals surface area contributed by atoms with Crippen molar-refractivity contribution in [2.75, 3.05) is 6.61 Å². The van der Waals surface area contributed by atoms with Gasteiger partial charge in [-0.05, 0) is 12.1 Å². The Morgan fingerprint density at radius 2 is 1.58 bits per heavy atom. The molecule has 1 aliphatic rings. The minimum absolute atomic E-state index is 0.174. The number of aliphatic hydroxyl groups is 3. The molecule has 0 saturated carbocycles. The van der Waals surface area contributed by atoms with E-state index >= 15 is 0 Å². The first kappa shape index (κ1) is 27.0. The Hall–Kier alpha value is -4.04. The average Bonchev–Trinajstić information content (AvgIpc) is 2.85. The van der Waals surface area contributed by atoms with E-state index in [1.165, 1.54) is 0 Å². The van der Waals surface area contributed by atoms with E-state index in [0.717, 1.165) is 24.3 Å². The highest BCUT2D eigenvalue weighted by molar-refractivity contribution is 5.91. The lowest BCUT2D eigenvalue weighted by Crippen LogP contribution is -2.56. The van der Waals surface area contributed by atoms with E-state index in [9.17, 15) is 50.4 Å². The molecule has 3 aromatic rings. The van der Waals surface area contributed by atoms with Crippen LogP contribution >= 0.6 is 0 Å². The van der Waals surface area contributed by atoms with E-state index in [4.69, 9.17) is 13.9 Å². The highest BCUT2D eigenvalue weighted by atomic mass is 16.6. The van der Waals surface area contributed by atoms with E-state index in [1.54, 1.807) is 13.8 Å². The van der Waals surface area contributed by atoms with Crippen LogP contribution in [0.25, 0.3) is 11.0 Å². The molecule has 1 aliphatic heterocycles. The second-order valence-corrected chi connectivity index (χ2v) is 9.19. The van der Waals surface area contributed by atoms with Crippen LogP contribution in [0.4, 0.5) is 0 Å². The summed E-state index contributed by atoms with van der Waals surface area (Å²) < 4.78 is 16.9. The summed E-state index contributed by atoms with van der Waals surface area (Å²) in [7, 11) is 0. The first-order valence-corrected chi connectivity index (χ1v) is 11.5. The van der Waals surface area contributed by atoms with Crippen LogP contribution in [0.5, 0.6) is 28.7 Å². The van der Waals surface area contributed by atoms with Crippen LogP contribution in [0.3, 0.4) is 0 Å². The molecule has 13 heteroatoms. The summed E-state index contributed by atoms with van der Waals surface area (Å²) >= 11 is 0. The molecule has 0 amide bonds. The van der Waals surface area contributed by atoms with Crippen molar-refractivity contribution in [3.05, 3.63) is 51.4 Å². The highest BCUT2D eigenvalue weighted by Gasteiger charge is 2.49. The Morgan fingerprint density at radius 1 is 0.947 bits per heavy atom. The maximum Gasteiger partial charge on any atom is 0.338 e. The third-order valence-electron chi connectivity index (χ3n) is 6.29. The smallest absolute Gasteiger partial charge is 0.338 e. The number of fused-ring (bicyclic) bond motifs is 1. The maximum atomic E-state index is 12.9. The number of aliphatic hydroxyl groups excluding tert-OH is 3. The molecule has 1 aromatic heterocycles. The Labute approximate surface area is 214 Å². The van der Waals surface area contributed by atoms with E-state index in [1.807, 2.05) is 0 Å². The minimum atomic E-state index is -1.92. The molecule has 1 fully saturated rings. The molecular formula is C25H26O13. The van der Waals surface area contributed by atoms with Crippen molar-refractivity contribution >= 4 is 16.9 Å². The summed E-state index contributed by atoms with van der Waals surface area (Å²) in [4.78, 5) is 25.7. The van der Waals surface area contributed by atoms with Crippen molar-refractivity contribution in [3.63, 3.8) is 0 Å². The Kier molecular flexibility index (Phi) is 7.12. The van der Waals surface area contributed by atoms with Gasteiger partial charge in [-0.15, -0.1) is 0 Å². The number of esters is 1. The zero-order valence-corrected chi connectivity index (χ0v) is 20.1. The molecule has 8 N–H and O–H groups in total. The lowest BCUT2D eigenvalue weighted by atomic mass is 9.89. The number of aromatic hydroxyl groups is 5. The van der Waals surface area contributed by atoms with Gasteiger partial charge in [0.05, 0.1) is 17.7 Å². The van der Waals surface area contributed by atoms with Crippen molar-refractivity contribution in [2.45, 2.75) is 50.3 Å². The molecular weight excluding hydrogens is 508 g/mol. The molecule has 38 heavy (non-hydrogen) atoms. The molecule has 0 radical (unpaired) electrons. The Morgan fingerprint density at radius 3 is 2.16 bits per heavy atom. The van der Waals surface area contributed by atoms with E-state index in [0.29, 0.717) is 0 Å². The van der Waals surface area contributed by atoms with Crippen molar-refractivity contribution in [1.82, 2.24) is 0 Å². The molecule has 0 unspecified atom stereocenters. The van der Waals surface area contributed by atoms with Gasteiger partial charge in [-0.3, -0.25) is 4.79 Å². The SMILES string of the molecule is CC(C)c1cc(=O)c2c(O)cc(O)c([C@@H]3O[C@H](CO)[C@@H](O)[C@H](O)[C@H]3OC(=O)c3cc(O)c(O)c(O)c3)c2o1. The second kappa shape index (κ2) is 10.0. The number of hydrogen-bond donors (Lipinski definition) is 8. The molecule has 0 spiro atoms. The molecule has 2 heterocycles. The molecule has 2 aromatic carbocycles. The van der Waals surface area contributed by atoms with Crippen LogP contribution in [0.1, 0.15) is 47.6 Å². The van der Waals surface area contributed by atoms with Crippen LogP contribution in [0.2, 0.25) is 0 Å². The van der Waals surface area contributed by atoms with Crippen molar-refractivity contribution < 1.29 is 59.5 Å². The van der Waals surface area contributed by atoms with Gasteiger partial charge in [0.25, 0.3) is 0 Å². The predicted molar refractivity (Wildman–Crippen MR) is 127 cm³/mol. The number of phenolic OH excluding ortho intramolecular Hbond substituents is 5. The Balaban J connectivity index is 1.89. The van der Waals surface area contributed by atoms with Gasteiger partial charge in [0.15, 0.2) is 34.4 Å². The minimum Gasteiger partial charge on any atom is -0.507 e. The van der Waals surface area contributed by atoms with E-state index < -0.39 is 82.8 Å². The summed E-state index contributed by atoms with van der Waals surface area (Å²) in [5.41, 5.74) is -1.79. The fourth-order valence-electron chi connectivity index (χ4n) is 4.27. The van der Waals surface area contributed by atoms with Gasteiger partial charge in [0, 0.05) is 18.1 Å². The quantitative estimate of drug-likeness (QED) is 0.168. The number of carbonyl (C=O) groups excluding carboxylic acids is 1.